The Morgan fingerprint density at radius 2 is 2.12 bits per heavy atom. The van der Waals surface area contributed by atoms with E-state index in [4.69, 9.17) is 0 Å². The van der Waals surface area contributed by atoms with Gasteiger partial charge < -0.3 is 20.1 Å². The highest BCUT2D eigenvalue weighted by Gasteiger charge is 2.55. The number of nitrogens with one attached hydrogen (secondary N) is 1. The number of benzene rings is 1. The van der Waals surface area contributed by atoms with Crippen molar-refractivity contribution in [3.05, 3.63) is 24.3 Å². The van der Waals surface area contributed by atoms with Gasteiger partial charge in [-0.15, -0.1) is 13.2 Å². The summed E-state index contributed by atoms with van der Waals surface area (Å²) in [5, 5.41) is 12.0. The lowest BCUT2D eigenvalue weighted by Gasteiger charge is -2.23. The Kier molecular flexibility index (Phi) is 4.26. The van der Waals surface area contributed by atoms with Crippen molar-refractivity contribution in [3.8, 4) is 5.75 Å². The van der Waals surface area contributed by atoms with Gasteiger partial charge in [0.05, 0.1) is 5.41 Å². The number of halogens is 3. The molecule has 1 aliphatic carbocycles. The van der Waals surface area contributed by atoms with Gasteiger partial charge in [0, 0.05) is 24.8 Å². The predicted octanol–water partition coefficient (Wildman–Crippen LogP) is 3.30. The standard InChI is InChI=1S/C16H17F3N2O4/c17-16(18,19)25-12-5-1-4-11(7-12)20-14(24)21-8-10-3-2-6-15(10,9-21)13(22)23/h1,4-5,7,10H,2-3,6,8-9H2,(H,20,24)(H,22,23)/t10-,15+/m0/s1. The van der Waals surface area contributed by atoms with E-state index in [1.807, 2.05) is 0 Å². The normalized spacial score (nSPS) is 25.6. The van der Waals surface area contributed by atoms with Crippen LogP contribution >= 0.6 is 0 Å². The van der Waals surface area contributed by atoms with Crippen LogP contribution in [-0.4, -0.2) is 41.5 Å². The number of ether oxygens (including phenoxy) is 1. The van der Waals surface area contributed by atoms with E-state index < -0.39 is 29.5 Å². The van der Waals surface area contributed by atoms with Crippen molar-refractivity contribution in [3.63, 3.8) is 0 Å². The fourth-order valence-corrected chi connectivity index (χ4v) is 3.77. The molecule has 1 heterocycles. The topological polar surface area (TPSA) is 78.9 Å². The summed E-state index contributed by atoms with van der Waals surface area (Å²) in [6.07, 6.45) is -2.71. The van der Waals surface area contributed by atoms with Gasteiger partial charge in [0.15, 0.2) is 0 Å². The summed E-state index contributed by atoms with van der Waals surface area (Å²) in [7, 11) is 0. The van der Waals surface area contributed by atoms with Gasteiger partial charge in [0.1, 0.15) is 5.75 Å². The summed E-state index contributed by atoms with van der Waals surface area (Å²) in [4.78, 5) is 25.4. The minimum atomic E-state index is -4.82. The van der Waals surface area contributed by atoms with Crippen molar-refractivity contribution < 1.29 is 32.6 Å². The quantitative estimate of drug-likeness (QED) is 0.869. The van der Waals surface area contributed by atoms with Gasteiger partial charge in [-0.25, -0.2) is 4.79 Å². The molecule has 1 aromatic rings. The largest absolute Gasteiger partial charge is 0.573 e. The zero-order valence-electron chi connectivity index (χ0n) is 13.2. The SMILES string of the molecule is O=C(Nc1cccc(OC(F)(F)F)c1)N1C[C@@H]2CCC[C@@]2(C(=O)O)C1. The number of carboxylic acids is 1. The third-order valence-electron chi connectivity index (χ3n) is 4.90. The lowest BCUT2D eigenvalue weighted by Crippen LogP contribution is -2.38. The summed E-state index contributed by atoms with van der Waals surface area (Å²) in [6, 6.07) is 4.43. The Hall–Kier alpha value is -2.45. The van der Waals surface area contributed by atoms with E-state index in [1.165, 1.54) is 17.0 Å². The van der Waals surface area contributed by atoms with Crippen LogP contribution in [0.1, 0.15) is 19.3 Å². The van der Waals surface area contributed by atoms with Crippen LogP contribution in [0.25, 0.3) is 0 Å². The first-order valence-electron chi connectivity index (χ1n) is 7.85. The third-order valence-corrected chi connectivity index (χ3v) is 4.90. The highest BCUT2D eigenvalue weighted by molar-refractivity contribution is 5.90. The number of hydrogen-bond donors (Lipinski definition) is 2. The van der Waals surface area contributed by atoms with E-state index in [2.05, 4.69) is 10.1 Å². The van der Waals surface area contributed by atoms with Gasteiger partial charge in [-0.05, 0) is 30.9 Å². The molecule has 0 aromatic heterocycles. The maximum atomic E-state index is 12.4. The number of amides is 2. The number of carbonyl (C=O) groups is 2. The molecule has 1 saturated carbocycles. The van der Waals surface area contributed by atoms with Gasteiger partial charge >= 0.3 is 18.4 Å². The highest BCUT2D eigenvalue weighted by Crippen LogP contribution is 2.48. The second-order valence-corrected chi connectivity index (χ2v) is 6.44. The molecular formula is C16H17F3N2O4. The Balaban J connectivity index is 1.67. The highest BCUT2D eigenvalue weighted by atomic mass is 19.4. The molecule has 0 bridgehead atoms. The Morgan fingerprint density at radius 1 is 1.36 bits per heavy atom. The number of likely N-dealkylation sites (tertiary alicyclic amines) is 1. The average molecular weight is 358 g/mol. The number of carbonyl (C=O) groups excluding carboxylic acids is 1. The van der Waals surface area contributed by atoms with Crippen LogP contribution in [0.2, 0.25) is 0 Å². The third kappa shape index (κ3) is 3.49. The predicted molar refractivity (Wildman–Crippen MR) is 81.1 cm³/mol. The van der Waals surface area contributed by atoms with Gasteiger partial charge in [0.2, 0.25) is 0 Å². The molecule has 6 nitrogen and oxygen atoms in total. The maximum absolute atomic E-state index is 12.4. The number of hydrogen-bond acceptors (Lipinski definition) is 3. The van der Waals surface area contributed by atoms with Crippen LogP contribution in [-0.2, 0) is 4.79 Å². The number of urea groups is 1. The lowest BCUT2D eigenvalue weighted by atomic mass is 9.81. The van der Waals surface area contributed by atoms with Crippen molar-refractivity contribution in [2.45, 2.75) is 25.6 Å². The summed E-state index contributed by atoms with van der Waals surface area (Å²) in [6.45, 7) is 0.439. The molecule has 0 radical (unpaired) electrons. The molecule has 2 atom stereocenters. The molecule has 1 aromatic carbocycles. The minimum Gasteiger partial charge on any atom is -0.481 e. The fourth-order valence-electron chi connectivity index (χ4n) is 3.77. The molecule has 136 valence electrons. The molecule has 1 aliphatic heterocycles. The van der Waals surface area contributed by atoms with Crippen molar-refractivity contribution >= 4 is 17.7 Å². The monoisotopic (exact) mass is 358 g/mol. The van der Waals surface area contributed by atoms with E-state index in [9.17, 15) is 27.9 Å². The zero-order valence-corrected chi connectivity index (χ0v) is 13.2. The molecule has 0 unspecified atom stereocenters. The van der Waals surface area contributed by atoms with Crippen LogP contribution in [0.4, 0.5) is 23.7 Å². The molecule has 9 heteroatoms. The first-order chi connectivity index (χ1) is 11.7. The van der Waals surface area contributed by atoms with Gasteiger partial charge in [-0.2, -0.15) is 0 Å². The average Bonchev–Trinajstić information content (AvgIpc) is 3.03. The first-order valence-corrected chi connectivity index (χ1v) is 7.85. The van der Waals surface area contributed by atoms with Gasteiger partial charge in [0.25, 0.3) is 0 Å². The number of nitrogens with zero attached hydrogens (tertiary/aromatic N) is 1. The van der Waals surface area contributed by atoms with E-state index in [0.29, 0.717) is 13.0 Å². The van der Waals surface area contributed by atoms with E-state index >= 15 is 0 Å². The molecule has 3 rings (SSSR count). The molecular weight excluding hydrogens is 341 g/mol. The minimum absolute atomic E-state index is 0.0874. The number of alkyl halides is 3. The summed E-state index contributed by atoms with van der Waals surface area (Å²) >= 11 is 0. The van der Waals surface area contributed by atoms with Crippen LogP contribution in [0, 0.1) is 11.3 Å². The number of aliphatic carboxylic acids is 1. The zero-order chi connectivity index (χ0) is 18.2. The molecule has 2 amide bonds. The Morgan fingerprint density at radius 3 is 2.76 bits per heavy atom. The molecule has 2 N–H and O–H groups in total. The molecule has 2 aliphatic rings. The summed E-state index contributed by atoms with van der Waals surface area (Å²) < 4.78 is 40.6. The van der Waals surface area contributed by atoms with E-state index in [1.54, 1.807) is 0 Å². The molecule has 1 saturated heterocycles. The van der Waals surface area contributed by atoms with E-state index in [0.717, 1.165) is 25.0 Å². The summed E-state index contributed by atoms with van der Waals surface area (Å²) in [5.41, 5.74) is -0.758. The van der Waals surface area contributed by atoms with Crippen molar-refractivity contribution in [2.75, 3.05) is 18.4 Å². The van der Waals surface area contributed by atoms with E-state index in [-0.39, 0.29) is 18.2 Å². The van der Waals surface area contributed by atoms with Gasteiger partial charge in [-0.1, -0.05) is 12.5 Å². The number of fused-ring (bicyclic) bond motifs is 1. The molecule has 0 spiro atoms. The second-order valence-electron chi connectivity index (χ2n) is 6.44. The lowest BCUT2D eigenvalue weighted by molar-refractivity contribution is -0.274. The molecule has 25 heavy (non-hydrogen) atoms. The van der Waals surface area contributed by atoms with Crippen molar-refractivity contribution in [1.82, 2.24) is 4.90 Å². The maximum Gasteiger partial charge on any atom is 0.573 e. The smallest absolute Gasteiger partial charge is 0.481 e. The first kappa shape index (κ1) is 17.4. The summed E-state index contributed by atoms with van der Waals surface area (Å²) in [5.74, 6) is -1.42. The Bertz CT molecular complexity index is 694. The molecule has 2 fully saturated rings. The van der Waals surface area contributed by atoms with Crippen LogP contribution in [0.5, 0.6) is 5.75 Å². The van der Waals surface area contributed by atoms with Gasteiger partial charge in [-0.3, -0.25) is 4.79 Å². The number of anilines is 1. The number of carboxylic acid groups (broad SMARTS) is 1. The van der Waals surface area contributed by atoms with Crippen molar-refractivity contribution in [2.24, 2.45) is 11.3 Å². The van der Waals surface area contributed by atoms with Crippen LogP contribution < -0.4 is 10.1 Å². The number of rotatable bonds is 3. The van der Waals surface area contributed by atoms with Crippen LogP contribution in [0.3, 0.4) is 0 Å². The van der Waals surface area contributed by atoms with Crippen LogP contribution in [0.15, 0.2) is 24.3 Å². The Labute approximate surface area is 141 Å². The fraction of sp³-hybridized carbons (Fsp3) is 0.500. The second kappa shape index (κ2) is 6.12. The van der Waals surface area contributed by atoms with Crippen molar-refractivity contribution in [1.29, 1.82) is 0 Å².